The highest BCUT2D eigenvalue weighted by Gasteiger charge is 2.21. The average Bonchev–Trinajstić information content (AvgIpc) is 3.10. The smallest absolute Gasteiger partial charge is 0.123 e. The normalized spacial score (nSPS) is 15.0. The molecule has 1 aliphatic carbocycles. The van der Waals surface area contributed by atoms with Crippen LogP contribution >= 0.6 is 11.3 Å². The number of halogens is 1. The number of hydrogen-bond donors (Lipinski definition) is 1. The van der Waals surface area contributed by atoms with Crippen molar-refractivity contribution in [2.75, 3.05) is 0 Å². The van der Waals surface area contributed by atoms with Crippen molar-refractivity contribution in [3.63, 3.8) is 0 Å². The van der Waals surface area contributed by atoms with E-state index in [2.05, 4.69) is 10.3 Å². The van der Waals surface area contributed by atoms with E-state index in [1.807, 2.05) is 13.0 Å². The Morgan fingerprint density at radius 1 is 1.44 bits per heavy atom. The Morgan fingerprint density at radius 3 is 3.00 bits per heavy atom. The summed E-state index contributed by atoms with van der Waals surface area (Å²) in [6.45, 7) is 2.87. The Balaban J connectivity index is 1.82. The van der Waals surface area contributed by atoms with Crippen molar-refractivity contribution < 1.29 is 4.39 Å². The first-order valence-corrected chi connectivity index (χ1v) is 6.99. The summed E-state index contributed by atoms with van der Waals surface area (Å²) in [5, 5.41) is 4.53. The second kappa shape index (κ2) is 4.78. The van der Waals surface area contributed by atoms with Gasteiger partial charge in [-0.25, -0.2) is 9.37 Å². The standard InChI is InChI=1S/C14H15FN2S/c1-9-14(10-3-2-4-11(15)7-10)17-13(18-9)8-16-12-5-6-12/h2-4,7,12,16H,5-6,8H2,1H3. The summed E-state index contributed by atoms with van der Waals surface area (Å²) in [6.07, 6.45) is 2.56. The van der Waals surface area contributed by atoms with Crippen LogP contribution in [-0.4, -0.2) is 11.0 Å². The van der Waals surface area contributed by atoms with Crippen LogP contribution < -0.4 is 5.32 Å². The van der Waals surface area contributed by atoms with Crippen LogP contribution in [0.5, 0.6) is 0 Å². The van der Waals surface area contributed by atoms with E-state index in [0.717, 1.165) is 27.7 Å². The molecule has 1 aromatic heterocycles. The average molecular weight is 262 g/mol. The molecule has 1 heterocycles. The number of aryl methyl sites for hydroxylation is 1. The molecule has 1 N–H and O–H groups in total. The maximum absolute atomic E-state index is 13.2. The van der Waals surface area contributed by atoms with Gasteiger partial charge >= 0.3 is 0 Å². The molecule has 2 aromatic rings. The predicted molar refractivity (Wildman–Crippen MR) is 72.1 cm³/mol. The monoisotopic (exact) mass is 262 g/mol. The number of rotatable bonds is 4. The van der Waals surface area contributed by atoms with Crippen LogP contribution in [0, 0.1) is 12.7 Å². The van der Waals surface area contributed by atoms with Crippen LogP contribution in [0.4, 0.5) is 4.39 Å². The van der Waals surface area contributed by atoms with Gasteiger partial charge in [-0.3, -0.25) is 0 Å². The first kappa shape index (κ1) is 11.8. The molecular formula is C14H15FN2S. The van der Waals surface area contributed by atoms with E-state index in [4.69, 9.17) is 0 Å². The van der Waals surface area contributed by atoms with E-state index < -0.39 is 0 Å². The fourth-order valence-electron chi connectivity index (χ4n) is 1.95. The van der Waals surface area contributed by atoms with Crippen LogP contribution in [0.15, 0.2) is 24.3 Å². The van der Waals surface area contributed by atoms with Gasteiger partial charge in [0.1, 0.15) is 10.8 Å². The van der Waals surface area contributed by atoms with Crippen LogP contribution in [-0.2, 0) is 6.54 Å². The number of nitrogens with one attached hydrogen (secondary N) is 1. The molecule has 0 bridgehead atoms. The molecule has 0 aliphatic heterocycles. The van der Waals surface area contributed by atoms with E-state index in [-0.39, 0.29) is 5.82 Å². The maximum Gasteiger partial charge on any atom is 0.123 e. The second-order valence-electron chi connectivity index (χ2n) is 4.68. The van der Waals surface area contributed by atoms with Gasteiger partial charge in [-0.05, 0) is 31.9 Å². The van der Waals surface area contributed by atoms with E-state index in [1.165, 1.54) is 18.9 Å². The molecule has 1 aromatic carbocycles. The highest BCUT2D eigenvalue weighted by molar-refractivity contribution is 7.12. The molecule has 3 rings (SSSR count). The van der Waals surface area contributed by atoms with Crippen molar-refractivity contribution in [3.05, 3.63) is 40.0 Å². The minimum atomic E-state index is -0.211. The highest BCUT2D eigenvalue weighted by atomic mass is 32.1. The van der Waals surface area contributed by atoms with Gasteiger partial charge in [-0.1, -0.05) is 12.1 Å². The Morgan fingerprint density at radius 2 is 2.28 bits per heavy atom. The largest absolute Gasteiger partial charge is 0.308 e. The molecule has 1 saturated carbocycles. The fraction of sp³-hybridized carbons (Fsp3) is 0.357. The number of thiazole rings is 1. The molecule has 0 saturated heterocycles. The van der Waals surface area contributed by atoms with Crippen molar-refractivity contribution in [3.8, 4) is 11.3 Å². The molecule has 0 amide bonds. The minimum absolute atomic E-state index is 0.211. The van der Waals surface area contributed by atoms with Crippen molar-refractivity contribution in [1.82, 2.24) is 10.3 Å². The second-order valence-corrected chi connectivity index (χ2v) is 5.97. The lowest BCUT2D eigenvalue weighted by molar-refractivity contribution is 0.628. The zero-order chi connectivity index (χ0) is 12.5. The SMILES string of the molecule is Cc1sc(CNC2CC2)nc1-c1cccc(F)c1. The third kappa shape index (κ3) is 2.60. The van der Waals surface area contributed by atoms with Crippen molar-refractivity contribution in [1.29, 1.82) is 0 Å². The predicted octanol–water partition coefficient (Wildman–Crippen LogP) is 3.51. The quantitative estimate of drug-likeness (QED) is 0.912. The molecule has 18 heavy (non-hydrogen) atoms. The fourth-order valence-corrected chi connectivity index (χ4v) is 2.86. The Labute approximate surface area is 110 Å². The first-order valence-electron chi connectivity index (χ1n) is 6.18. The van der Waals surface area contributed by atoms with Gasteiger partial charge in [-0.15, -0.1) is 11.3 Å². The summed E-state index contributed by atoms with van der Waals surface area (Å²) in [6, 6.07) is 7.32. The maximum atomic E-state index is 13.2. The number of hydrogen-bond acceptors (Lipinski definition) is 3. The van der Waals surface area contributed by atoms with E-state index >= 15 is 0 Å². The zero-order valence-electron chi connectivity index (χ0n) is 10.2. The summed E-state index contributed by atoms with van der Waals surface area (Å²) in [5.41, 5.74) is 1.77. The highest BCUT2D eigenvalue weighted by Crippen LogP contribution is 2.28. The molecule has 0 spiro atoms. The van der Waals surface area contributed by atoms with Crippen molar-refractivity contribution in [2.45, 2.75) is 32.4 Å². The van der Waals surface area contributed by atoms with Crippen LogP contribution in [0.1, 0.15) is 22.7 Å². The molecule has 0 radical (unpaired) electrons. The minimum Gasteiger partial charge on any atom is -0.308 e. The third-order valence-electron chi connectivity index (χ3n) is 3.06. The summed E-state index contributed by atoms with van der Waals surface area (Å²) in [7, 11) is 0. The Kier molecular flexibility index (Phi) is 3.14. The molecule has 2 nitrogen and oxygen atoms in total. The molecular weight excluding hydrogens is 247 g/mol. The van der Waals surface area contributed by atoms with Gasteiger partial charge < -0.3 is 5.32 Å². The van der Waals surface area contributed by atoms with Crippen molar-refractivity contribution in [2.24, 2.45) is 0 Å². The summed E-state index contributed by atoms with van der Waals surface area (Å²) in [5.74, 6) is -0.211. The first-order chi connectivity index (χ1) is 8.72. The van der Waals surface area contributed by atoms with Gasteiger partial charge in [0, 0.05) is 23.0 Å². The molecule has 0 unspecified atom stereocenters. The van der Waals surface area contributed by atoms with Gasteiger partial charge in [0.2, 0.25) is 0 Å². The number of aromatic nitrogens is 1. The molecule has 4 heteroatoms. The van der Waals surface area contributed by atoms with Gasteiger partial charge in [0.05, 0.1) is 5.69 Å². The van der Waals surface area contributed by atoms with Gasteiger partial charge in [0.25, 0.3) is 0 Å². The number of nitrogens with zero attached hydrogens (tertiary/aromatic N) is 1. The van der Waals surface area contributed by atoms with Crippen LogP contribution in [0.25, 0.3) is 11.3 Å². The molecule has 94 valence electrons. The van der Waals surface area contributed by atoms with Gasteiger partial charge in [-0.2, -0.15) is 0 Å². The Bertz CT molecular complexity index is 561. The van der Waals surface area contributed by atoms with E-state index in [9.17, 15) is 4.39 Å². The lowest BCUT2D eigenvalue weighted by atomic mass is 10.1. The Hall–Kier alpha value is -1.26. The van der Waals surface area contributed by atoms with Crippen LogP contribution in [0.3, 0.4) is 0 Å². The van der Waals surface area contributed by atoms with E-state index in [1.54, 1.807) is 23.5 Å². The summed E-state index contributed by atoms with van der Waals surface area (Å²) >= 11 is 1.69. The molecule has 0 atom stereocenters. The van der Waals surface area contributed by atoms with Crippen LogP contribution in [0.2, 0.25) is 0 Å². The lowest BCUT2D eigenvalue weighted by Crippen LogP contribution is -2.14. The van der Waals surface area contributed by atoms with Gasteiger partial charge in [0.15, 0.2) is 0 Å². The summed E-state index contributed by atoms with van der Waals surface area (Å²) in [4.78, 5) is 5.76. The van der Waals surface area contributed by atoms with Crippen molar-refractivity contribution >= 4 is 11.3 Å². The topological polar surface area (TPSA) is 24.9 Å². The summed E-state index contributed by atoms with van der Waals surface area (Å²) < 4.78 is 13.2. The third-order valence-corrected chi connectivity index (χ3v) is 4.03. The molecule has 1 aliphatic rings. The lowest BCUT2D eigenvalue weighted by Gasteiger charge is -1.99. The zero-order valence-corrected chi connectivity index (χ0v) is 11.1. The molecule has 1 fully saturated rings. The number of benzene rings is 1. The van der Waals surface area contributed by atoms with E-state index in [0.29, 0.717) is 6.04 Å².